The van der Waals surface area contributed by atoms with Crippen molar-refractivity contribution < 1.29 is 0 Å². The fourth-order valence-electron chi connectivity index (χ4n) is 4.42. The van der Waals surface area contributed by atoms with Crippen molar-refractivity contribution in [3.05, 3.63) is 72.3 Å². The van der Waals surface area contributed by atoms with Crippen molar-refractivity contribution in [1.29, 1.82) is 0 Å². The summed E-state index contributed by atoms with van der Waals surface area (Å²) >= 11 is 0. The minimum absolute atomic E-state index is 0.362. The number of nitrogens with zero attached hydrogens (tertiary/aromatic N) is 9. The molecule has 6 rings (SSSR count). The van der Waals surface area contributed by atoms with Crippen molar-refractivity contribution in [2.75, 3.05) is 18.0 Å². The topological polar surface area (TPSA) is 90.4 Å². The van der Waals surface area contributed by atoms with Crippen LogP contribution in [0, 0.1) is 13.8 Å². The molecule has 5 aromatic rings. The lowest BCUT2D eigenvalue weighted by Crippen LogP contribution is -2.46. The van der Waals surface area contributed by atoms with Crippen LogP contribution in [0.2, 0.25) is 0 Å². The molecule has 0 spiro atoms. The highest BCUT2D eigenvalue weighted by Crippen LogP contribution is 2.32. The van der Waals surface area contributed by atoms with Gasteiger partial charge in [-0.25, -0.2) is 19.9 Å². The highest BCUT2D eigenvalue weighted by molar-refractivity contribution is 5.76. The lowest BCUT2D eigenvalue weighted by molar-refractivity contribution is 0.485. The van der Waals surface area contributed by atoms with Crippen molar-refractivity contribution in [3.8, 4) is 17.2 Å². The minimum Gasteiger partial charge on any atom is -0.355 e. The van der Waals surface area contributed by atoms with E-state index in [1.807, 2.05) is 38.1 Å². The molecule has 0 atom stereocenters. The molecule has 1 fully saturated rings. The lowest BCUT2D eigenvalue weighted by atomic mass is 9.99. The Morgan fingerprint density at radius 1 is 0.879 bits per heavy atom. The summed E-state index contributed by atoms with van der Waals surface area (Å²) in [5.74, 6) is 5.15. The third-order valence-electron chi connectivity index (χ3n) is 6.05. The zero-order valence-corrected chi connectivity index (χ0v) is 18.7. The number of benzene rings is 1. The average Bonchev–Trinajstić information content (AvgIpc) is 3.34. The highest BCUT2D eigenvalue weighted by atomic mass is 15.4. The van der Waals surface area contributed by atoms with Crippen LogP contribution in [-0.2, 0) is 7.05 Å². The zero-order valence-electron chi connectivity index (χ0n) is 18.7. The Kier molecular flexibility index (Phi) is 4.42. The lowest BCUT2D eigenvalue weighted by Gasteiger charge is -2.39. The molecule has 0 aliphatic carbocycles. The number of para-hydroxylation sites is 2. The standard InChI is InChI=1S/C24H23N9/c1-15-26-21(32-13-18(14-32)23-29-19-8-4-5-9-20(19)31(23)3)11-22(27-15)33-24(28-16(2)30-33)17-7-6-10-25-12-17/h4-12,18H,13-14H2,1-3H3. The molecule has 0 unspecified atom stereocenters. The van der Waals surface area contributed by atoms with Crippen molar-refractivity contribution in [1.82, 2.24) is 39.3 Å². The highest BCUT2D eigenvalue weighted by Gasteiger charge is 2.33. The Hall–Kier alpha value is -4.14. The Morgan fingerprint density at radius 3 is 2.48 bits per heavy atom. The smallest absolute Gasteiger partial charge is 0.166 e. The molecule has 1 aliphatic rings. The van der Waals surface area contributed by atoms with Gasteiger partial charge < -0.3 is 9.47 Å². The number of aryl methyl sites for hydroxylation is 3. The molecule has 1 saturated heterocycles. The number of hydrogen-bond donors (Lipinski definition) is 0. The largest absolute Gasteiger partial charge is 0.355 e. The summed E-state index contributed by atoms with van der Waals surface area (Å²) in [5.41, 5.74) is 3.09. The predicted molar refractivity (Wildman–Crippen MR) is 125 cm³/mol. The van der Waals surface area contributed by atoms with Crippen LogP contribution in [0.1, 0.15) is 23.4 Å². The van der Waals surface area contributed by atoms with Gasteiger partial charge in [0.05, 0.1) is 17.0 Å². The predicted octanol–water partition coefficient (Wildman–Crippen LogP) is 3.23. The molecule has 0 radical (unpaired) electrons. The zero-order chi connectivity index (χ0) is 22.5. The van der Waals surface area contributed by atoms with Gasteiger partial charge in [0.1, 0.15) is 23.3 Å². The second-order valence-electron chi connectivity index (χ2n) is 8.39. The molecule has 5 heterocycles. The van der Waals surface area contributed by atoms with Crippen LogP contribution in [0.5, 0.6) is 0 Å². The summed E-state index contributed by atoms with van der Waals surface area (Å²) in [4.78, 5) is 25.3. The summed E-state index contributed by atoms with van der Waals surface area (Å²) in [6.07, 6.45) is 3.53. The summed E-state index contributed by atoms with van der Waals surface area (Å²) in [6.45, 7) is 5.50. The monoisotopic (exact) mass is 437 g/mol. The molecule has 9 heteroatoms. The van der Waals surface area contributed by atoms with E-state index in [1.54, 1.807) is 17.1 Å². The van der Waals surface area contributed by atoms with E-state index in [9.17, 15) is 0 Å². The van der Waals surface area contributed by atoms with Crippen LogP contribution in [-0.4, -0.2) is 52.4 Å². The van der Waals surface area contributed by atoms with Gasteiger partial charge in [-0.1, -0.05) is 12.1 Å². The third-order valence-corrected chi connectivity index (χ3v) is 6.05. The first-order valence-corrected chi connectivity index (χ1v) is 10.9. The maximum absolute atomic E-state index is 4.87. The quantitative estimate of drug-likeness (QED) is 0.426. The number of rotatable bonds is 4. The van der Waals surface area contributed by atoms with Crippen LogP contribution in [0.4, 0.5) is 5.82 Å². The molecule has 1 aromatic carbocycles. The maximum atomic E-state index is 4.87. The first-order chi connectivity index (χ1) is 16.1. The molecule has 164 valence electrons. The van der Waals surface area contributed by atoms with E-state index < -0.39 is 0 Å². The van der Waals surface area contributed by atoms with E-state index in [1.165, 1.54) is 0 Å². The number of imidazole rings is 1. The summed E-state index contributed by atoms with van der Waals surface area (Å²) in [5, 5.41) is 4.60. The third kappa shape index (κ3) is 3.32. The van der Waals surface area contributed by atoms with Crippen molar-refractivity contribution in [3.63, 3.8) is 0 Å². The molecular weight excluding hydrogens is 414 g/mol. The van der Waals surface area contributed by atoms with Gasteiger partial charge in [-0.3, -0.25) is 4.98 Å². The summed E-state index contributed by atoms with van der Waals surface area (Å²) < 4.78 is 3.97. The summed E-state index contributed by atoms with van der Waals surface area (Å²) in [7, 11) is 2.09. The molecule has 0 saturated carbocycles. The van der Waals surface area contributed by atoms with Gasteiger partial charge in [0, 0.05) is 44.2 Å². The number of pyridine rings is 1. The Labute approximate surface area is 190 Å². The number of aromatic nitrogens is 8. The minimum atomic E-state index is 0.362. The maximum Gasteiger partial charge on any atom is 0.166 e. The van der Waals surface area contributed by atoms with Crippen molar-refractivity contribution in [2.45, 2.75) is 19.8 Å². The molecule has 1 aliphatic heterocycles. The molecule has 33 heavy (non-hydrogen) atoms. The molecule has 9 nitrogen and oxygen atoms in total. The number of hydrogen-bond acceptors (Lipinski definition) is 7. The Bertz CT molecular complexity index is 1460. The van der Waals surface area contributed by atoms with Gasteiger partial charge in [0.25, 0.3) is 0 Å². The average molecular weight is 438 g/mol. The van der Waals surface area contributed by atoms with Crippen LogP contribution < -0.4 is 4.90 Å². The van der Waals surface area contributed by atoms with E-state index >= 15 is 0 Å². The van der Waals surface area contributed by atoms with Gasteiger partial charge in [-0.05, 0) is 38.1 Å². The second kappa shape index (κ2) is 7.47. The molecule has 0 N–H and O–H groups in total. The molecule has 4 aromatic heterocycles. The van der Waals surface area contributed by atoms with E-state index in [2.05, 4.69) is 54.8 Å². The van der Waals surface area contributed by atoms with Gasteiger partial charge in [0.2, 0.25) is 0 Å². The normalized spacial score (nSPS) is 14.1. The molecule has 0 bridgehead atoms. The molecular formula is C24H23N9. The first-order valence-electron chi connectivity index (χ1n) is 10.9. The second-order valence-corrected chi connectivity index (χ2v) is 8.39. The van der Waals surface area contributed by atoms with Crippen LogP contribution >= 0.6 is 0 Å². The van der Waals surface area contributed by atoms with E-state index in [-0.39, 0.29) is 0 Å². The number of fused-ring (bicyclic) bond motifs is 1. The summed E-state index contributed by atoms with van der Waals surface area (Å²) in [6, 6.07) is 14.1. The van der Waals surface area contributed by atoms with Gasteiger partial charge in [-0.2, -0.15) is 4.68 Å². The molecule has 0 amide bonds. The van der Waals surface area contributed by atoms with Gasteiger partial charge in [-0.15, -0.1) is 5.10 Å². The van der Waals surface area contributed by atoms with E-state index in [0.29, 0.717) is 29.2 Å². The van der Waals surface area contributed by atoms with Crippen LogP contribution in [0.15, 0.2) is 54.9 Å². The van der Waals surface area contributed by atoms with Crippen molar-refractivity contribution >= 4 is 16.9 Å². The van der Waals surface area contributed by atoms with Crippen LogP contribution in [0.3, 0.4) is 0 Å². The van der Waals surface area contributed by atoms with Gasteiger partial charge >= 0.3 is 0 Å². The SMILES string of the molecule is Cc1nc(N2CC(c3nc4ccccc4n3C)C2)cc(-n2nc(C)nc2-c2cccnc2)n1. The first kappa shape index (κ1) is 19.5. The van der Waals surface area contributed by atoms with Crippen molar-refractivity contribution in [2.24, 2.45) is 7.05 Å². The Balaban J connectivity index is 1.30. The van der Waals surface area contributed by atoms with Crippen LogP contribution in [0.25, 0.3) is 28.2 Å². The Morgan fingerprint density at radius 2 is 1.70 bits per heavy atom. The van der Waals surface area contributed by atoms with E-state index in [4.69, 9.17) is 9.97 Å². The van der Waals surface area contributed by atoms with Gasteiger partial charge in [0.15, 0.2) is 11.6 Å². The fourth-order valence-corrected chi connectivity index (χ4v) is 4.42. The number of anilines is 1. The fraction of sp³-hybridized carbons (Fsp3) is 0.250. The van der Waals surface area contributed by atoms with E-state index in [0.717, 1.165) is 41.3 Å².